The van der Waals surface area contributed by atoms with Crippen LogP contribution in [0, 0.1) is 0 Å². The van der Waals surface area contributed by atoms with Crippen LogP contribution in [0.5, 0.6) is 0 Å². The molecule has 6 heteroatoms. The highest BCUT2D eigenvalue weighted by molar-refractivity contribution is 6.42. The Kier molecular flexibility index (Phi) is 3.54. The SMILES string of the molecule is O=C1CCC(C(=O)Nc2ccc(Cl)c(Cl)c2)N1. The van der Waals surface area contributed by atoms with Gasteiger partial charge in [0, 0.05) is 12.1 Å². The van der Waals surface area contributed by atoms with Gasteiger partial charge in [-0.15, -0.1) is 0 Å². The minimum Gasteiger partial charge on any atom is -0.344 e. The van der Waals surface area contributed by atoms with E-state index in [0.717, 1.165) is 0 Å². The molecule has 1 unspecified atom stereocenters. The van der Waals surface area contributed by atoms with Crippen LogP contribution in [0.2, 0.25) is 10.0 Å². The third kappa shape index (κ3) is 2.90. The van der Waals surface area contributed by atoms with Gasteiger partial charge in [-0.1, -0.05) is 23.2 Å². The van der Waals surface area contributed by atoms with Crippen LogP contribution < -0.4 is 10.6 Å². The van der Waals surface area contributed by atoms with Gasteiger partial charge >= 0.3 is 0 Å². The number of nitrogens with one attached hydrogen (secondary N) is 2. The van der Waals surface area contributed by atoms with E-state index < -0.39 is 6.04 Å². The highest BCUT2D eigenvalue weighted by Crippen LogP contribution is 2.25. The van der Waals surface area contributed by atoms with Crippen LogP contribution in [0.25, 0.3) is 0 Å². The lowest BCUT2D eigenvalue weighted by Crippen LogP contribution is -2.37. The van der Waals surface area contributed by atoms with E-state index >= 15 is 0 Å². The molecule has 0 bridgehead atoms. The molecule has 0 radical (unpaired) electrons. The van der Waals surface area contributed by atoms with Crippen molar-refractivity contribution in [2.75, 3.05) is 5.32 Å². The van der Waals surface area contributed by atoms with Crippen molar-refractivity contribution in [2.45, 2.75) is 18.9 Å². The third-order valence-electron chi connectivity index (χ3n) is 2.50. The van der Waals surface area contributed by atoms with Gasteiger partial charge < -0.3 is 10.6 Å². The number of anilines is 1. The topological polar surface area (TPSA) is 58.2 Å². The van der Waals surface area contributed by atoms with Gasteiger partial charge in [0.2, 0.25) is 11.8 Å². The van der Waals surface area contributed by atoms with E-state index in [2.05, 4.69) is 10.6 Å². The van der Waals surface area contributed by atoms with Gasteiger partial charge in [0.25, 0.3) is 0 Å². The lowest BCUT2D eigenvalue weighted by Gasteiger charge is -2.11. The maximum atomic E-state index is 11.8. The highest BCUT2D eigenvalue weighted by atomic mass is 35.5. The smallest absolute Gasteiger partial charge is 0.246 e. The molecule has 1 aromatic rings. The zero-order valence-corrected chi connectivity index (χ0v) is 10.3. The molecule has 1 atom stereocenters. The number of halogens is 2. The van der Waals surface area contributed by atoms with Crippen molar-refractivity contribution in [3.8, 4) is 0 Å². The first kappa shape index (κ1) is 12.2. The normalized spacial score (nSPS) is 18.9. The Morgan fingerprint density at radius 3 is 2.71 bits per heavy atom. The van der Waals surface area contributed by atoms with Crippen LogP contribution in [0.4, 0.5) is 5.69 Å². The Balaban J connectivity index is 2.03. The number of hydrogen-bond acceptors (Lipinski definition) is 2. The standard InChI is InChI=1S/C11H10Cl2N2O2/c12-7-2-1-6(5-8(7)13)14-11(17)9-3-4-10(16)15-9/h1-2,5,9H,3-4H2,(H,14,17)(H,15,16). The summed E-state index contributed by atoms with van der Waals surface area (Å²) in [5.41, 5.74) is 0.561. The van der Waals surface area contributed by atoms with Crippen LogP contribution in [0.3, 0.4) is 0 Å². The fourth-order valence-corrected chi connectivity index (χ4v) is 1.91. The molecule has 90 valence electrons. The maximum absolute atomic E-state index is 11.8. The molecule has 2 N–H and O–H groups in total. The molecule has 1 aromatic carbocycles. The number of hydrogen-bond donors (Lipinski definition) is 2. The van der Waals surface area contributed by atoms with Crippen LogP contribution in [-0.4, -0.2) is 17.9 Å². The summed E-state index contributed by atoms with van der Waals surface area (Å²) in [6, 6.07) is 4.37. The number of amides is 2. The van der Waals surface area contributed by atoms with Gasteiger partial charge in [-0.25, -0.2) is 0 Å². The molecule has 1 heterocycles. The minimum atomic E-state index is -0.461. The van der Waals surface area contributed by atoms with Crippen LogP contribution in [0.1, 0.15) is 12.8 Å². The molecule has 0 aromatic heterocycles. The van der Waals surface area contributed by atoms with Gasteiger partial charge in [0.1, 0.15) is 6.04 Å². The highest BCUT2D eigenvalue weighted by Gasteiger charge is 2.27. The van der Waals surface area contributed by atoms with Crippen molar-refractivity contribution in [3.63, 3.8) is 0 Å². The van der Waals surface area contributed by atoms with Crippen molar-refractivity contribution in [3.05, 3.63) is 28.2 Å². The summed E-state index contributed by atoms with van der Waals surface area (Å²) in [5, 5.41) is 6.07. The molecular formula is C11H10Cl2N2O2. The molecule has 1 aliphatic heterocycles. The monoisotopic (exact) mass is 272 g/mol. The average Bonchev–Trinajstić information content (AvgIpc) is 2.70. The Bertz CT molecular complexity index is 477. The molecule has 1 fully saturated rings. The van der Waals surface area contributed by atoms with E-state index in [1.165, 1.54) is 0 Å². The van der Waals surface area contributed by atoms with Gasteiger partial charge in [0.05, 0.1) is 10.0 Å². The first-order valence-corrected chi connectivity index (χ1v) is 5.87. The summed E-state index contributed by atoms with van der Waals surface area (Å²) in [4.78, 5) is 22.7. The fraction of sp³-hybridized carbons (Fsp3) is 0.273. The first-order chi connectivity index (χ1) is 8.06. The summed E-state index contributed by atoms with van der Waals surface area (Å²) in [6.07, 6.45) is 0.908. The number of rotatable bonds is 2. The van der Waals surface area contributed by atoms with Gasteiger partial charge in [-0.3, -0.25) is 9.59 Å². The lowest BCUT2D eigenvalue weighted by molar-refractivity contribution is -0.122. The Hall–Kier alpha value is -1.26. The molecule has 0 saturated carbocycles. The zero-order valence-electron chi connectivity index (χ0n) is 8.80. The molecule has 17 heavy (non-hydrogen) atoms. The molecule has 0 aliphatic carbocycles. The molecule has 2 rings (SSSR count). The van der Waals surface area contributed by atoms with Crippen LogP contribution in [-0.2, 0) is 9.59 Å². The minimum absolute atomic E-state index is 0.0979. The van der Waals surface area contributed by atoms with E-state index in [1.807, 2.05) is 0 Å². The second-order valence-electron chi connectivity index (χ2n) is 3.78. The molecule has 0 spiro atoms. The first-order valence-electron chi connectivity index (χ1n) is 5.11. The number of carbonyl (C=O) groups is 2. The summed E-state index contributed by atoms with van der Waals surface area (Å²) in [7, 11) is 0. The largest absolute Gasteiger partial charge is 0.344 e. The van der Waals surface area contributed by atoms with Crippen molar-refractivity contribution in [2.24, 2.45) is 0 Å². The van der Waals surface area contributed by atoms with Gasteiger partial charge in [-0.05, 0) is 24.6 Å². The Morgan fingerprint density at radius 2 is 2.12 bits per heavy atom. The zero-order chi connectivity index (χ0) is 12.4. The van der Waals surface area contributed by atoms with Crippen LogP contribution in [0.15, 0.2) is 18.2 Å². The van der Waals surface area contributed by atoms with Crippen molar-refractivity contribution in [1.29, 1.82) is 0 Å². The predicted molar refractivity (Wildman–Crippen MR) is 66.3 cm³/mol. The quantitative estimate of drug-likeness (QED) is 0.867. The molecule has 1 aliphatic rings. The summed E-state index contributed by atoms with van der Waals surface area (Å²) < 4.78 is 0. The number of benzene rings is 1. The van der Waals surface area contributed by atoms with Crippen molar-refractivity contribution < 1.29 is 9.59 Å². The van der Waals surface area contributed by atoms with E-state index in [1.54, 1.807) is 18.2 Å². The van der Waals surface area contributed by atoms with Crippen molar-refractivity contribution in [1.82, 2.24) is 5.32 Å². The van der Waals surface area contributed by atoms with Gasteiger partial charge in [0.15, 0.2) is 0 Å². The lowest BCUT2D eigenvalue weighted by atomic mass is 10.2. The Labute approximate surface area is 108 Å². The number of carbonyl (C=O) groups excluding carboxylic acids is 2. The van der Waals surface area contributed by atoms with Crippen LogP contribution >= 0.6 is 23.2 Å². The van der Waals surface area contributed by atoms with E-state index in [0.29, 0.717) is 28.6 Å². The fourth-order valence-electron chi connectivity index (χ4n) is 1.61. The third-order valence-corrected chi connectivity index (χ3v) is 3.24. The maximum Gasteiger partial charge on any atom is 0.246 e. The second kappa shape index (κ2) is 4.94. The second-order valence-corrected chi connectivity index (χ2v) is 4.59. The average molecular weight is 273 g/mol. The Morgan fingerprint density at radius 1 is 1.35 bits per heavy atom. The van der Waals surface area contributed by atoms with E-state index in [-0.39, 0.29) is 11.8 Å². The molecule has 4 nitrogen and oxygen atoms in total. The molecule has 2 amide bonds. The van der Waals surface area contributed by atoms with E-state index in [9.17, 15) is 9.59 Å². The summed E-state index contributed by atoms with van der Waals surface area (Å²) >= 11 is 11.6. The predicted octanol–water partition coefficient (Wildman–Crippen LogP) is 2.21. The van der Waals surface area contributed by atoms with Gasteiger partial charge in [-0.2, -0.15) is 0 Å². The van der Waals surface area contributed by atoms with E-state index in [4.69, 9.17) is 23.2 Å². The molecular weight excluding hydrogens is 263 g/mol. The summed E-state index contributed by atoms with van der Waals surface area (Å²) in [6.45, 7) is 0. The summed E-state index contributed by atoms with van der Waals surface area (Å²) in [5.74, 6) is -0.339. The van der Waals surface area contributed by atoms with Crippen molar-refractivity contribution >= 4 is 40.7 Å². The molecule has 1 saturated heterocycles.